The van der Waals surface area contributed by atoms with E-state index < -0.39 is 0 Å². The maximum atomic E-state index is 12.5. The highest BCUT2D eigenvalue weighted by molar-refractivity contribution is 9.10. The van der Waals surface area contributed by atoms with Gasteiger partial charge in [0.05, 0.1) is 0 Å². The number of aryl methyl sites for hydroxylation is 1. The van der Waals surface area contributed by atoms with Gasteiger partial charge in [-0.25, -0.2) is 0 Å². The van der Waals surface area contributed by atoms with E-state index in [4.69, 9.17) is 12.2 Å². The number of hydrogen-bond donors (Lipinski definition) is 2. The maximum Gasteiger partial charge on any atom is 0.257 e. The number of nitrogens with one attached hydrogen (secondary N) is 2. The van der Waals surface area contributed by atoms with E-state index in [1.54, 1.807) is 30.3 Å². The minimum Gasteiger partial charge on any atom is -0.339 e. The molecule has 1 aliphatic heterocycles. The van der Waals surface area contributed by atoms with Gasteiger partial charge in [0.2, 0.25) is 0 Å². The maximum absolute atomic E-state index is 12.5. The number of benzene rings is 2. The number of likely N-dealkylation sites (tertiary alicyclic amines) is 1. The smallest absolute Gasteiger partial charge is 0.257 e. The summed E-state index contributed by atoms with van der Waals surface area (Å²) in [6, 6.07) is 12.5. The van der Waals surface area contributed by atoms with Crippen molar-refractivity contribution in [2.24, 2.45) is 0 Å². The van der Waals surface area contributed by atoms with Gasteiger partial charge in [-0.1, -0.05) is 28.1 Å². The van der Waals surface area contributed by atoms with Gasteiger partial charge in [0, 0.05) is 34.4 Å². The summed E-state index contributed by atoms with van der Waals surface area (Å²) in [5.74, 6) is -0.270. The van der Waals surface area contributed by atoms with Gasteiger partial charge in [-0.15, -0.1) is 0 Å². The van der Waals surface area contributed by atoms with Gasteiger partial charge in [0.25, 0.3) is 11.8 Å². The number of carbonyl (C=O) groups excluding carboxylic acids is 2. The first-order valence-corrected chi connectivity index (χ1v) is 9.92. The number of rotatable bonds is 3. The van der Waals surface area contributed by atoms with Crippen LogP contribution in [0.4, 0.5) is 5.69 Å². The molecule has 0 atom stereocenters. The van der Waals surface area contributed by atoms with Crippen LogP contribution in [0.25, 0.3) is 0 Å². The lowest BCUT2D eigenvalue weighted by atomic mass is 10.1. The number of carbonyl (C=O) groups is 2. The molecule has 0 spiro atoms. The number of anilines is 1. The summed E-state index contributed by atoms with van der Waals surface area (Å²) >= 11 is 8.66. The summed E-state index contributed by atoms with van der Waals surface area (Å²) < 4.78 is 0.863. The lowest BCUT2D eigenvalue weighted by Gasteiger charge is -2.16. The van der Waals surface area contributed by atoms with Crippen LogP contribution in [0.1, 0.15) is 39.1 Å². The number of halogens is 1. The molecule has 0 radical (unpaired) electrons. The van der Waals surface area contributed by atoms with E-state index in [9.17, 15) is 9.59 Å². The summed E-state index contributed by atoms with van der Waals surface area (Å²) in [7, 11) is 0. The van der Waals surface area contributed by atoms with Gasteiger partial charge in [0.15, 0.2) is 5.11 Å². The topological polar surface area (TPSA) is 61.4 Å². The Hall–Kier alpha value is -2.25. The quantitative estimate of drug-likeness (QED) is 0.697. The molecule has 1 aliphatic rings. The van der Waals surface area contributed by atoms with Crippen molar-refractivity contribution in [3.63, 3.8) is 0 Å². The summed E-state index contributed by atoms with van der Waals surface area (Å²) in [5.41, 5.74) is 2.83. The molecular weight excluding hydrogens is 426 g/mol. The zero-order valence-corrected chi connectivity index (χ0v) is 17.3. The molecule has 1 fully saturated rings. The second-order valence-corrected chi connectivity index (χ2v) is 7.71. The van der Waals surface area contributed by atoms with Crippen molar-refractivity contribution in [2.45, 2.75) is 19.8 Å². The van der Waals surface area contributed by atoms with E-state index in [-0.39, 0.29) is 16.9 Å². The normalized spacial score (nSPS) is 13.3. The average molecular weight is 446 g/mol. The SMILES string of the molecule is Cc1ccc(C(=O)NC(=S)Nc2cccc(C(=O)N3CCCC3)c2)cc1Br. The molecule has 0 unspecified atom stereocenters. The van der Waals surface area contributed by atoms with Crippen LogP contribution in [-0.2, 0) is 0 Å². The number of amides is 2. The Bertz CT molecular complexity index is 895. The highest BCUT2D eigenvalue weighted by Crippen LogP contribution is 2.18. The summed E-state index contributed by atoms with van der Waals surface area (Å²) in [6.07, 6.45) is 2.10. The fourth-order valence-electron chi connectivity index (χ4n) is 2.90. The van der Waals surface area contributed by atoms with Crippen molar-refractivity contribution in [1.82, 2.24) is 10.2 Å². The molecule has 2 aromatic rings. The van der Waals surface area contributed by atoms with Gasteiger partial charge in [-0.3, -0.25) is 14.9 Å². The Morgan fingerprint density at radius 3 is 2.52 bits per heavy atom. The molecule has 2 amide bonds. The van der Waals surface area contributed by atoms with Crippen molar-refractivity contribution >= 4 is 50.8 Å². The minimum atomic E-state index is -0.294. The highest BCUT2D eigenvalue weighted by atomic mass is 79.9. The average Bonchev–Trinajstić information content (AvgIpc) is 3.18. The van der Waals surface area contributed by atoms with Crippen LogP contribution in [0.3, 0.4) is 0 Å². The molecule has 0 bridgehead atoms. The van der Waals surface area contributed by atoms with Crippen LogP contribution in [0.2, 0.25) is 0 Å². The Morgan fingerprint density at radius 1 is 1.07 bits per heavy atom. The molecule has 1 heterocycles. The second kappa shape index (κ2) is 8.63. The first-order chi connectivity index (χ1) is 12.9. The van der Waals surface area contributed by atoms with Crippen molar-refractivity contribution in [1.29, 1.82) is 0 Å². The molecule has 1 saturated heterocycles. The number of hydrogen-bond acceptors (Lipinski definition) is 3. The van der Waals surface area contributed by atoms with Crippen LogP contribution in [-0.4, -0.2) is 34.9 Å². The molecule has 0 saturated carbocycles. The third kappa shape index (κ3) is 4.93. The standard InChI is InChI=1S/C20H20BrN3O2S/c1-13-7-8-14(12-17(13)21)18(25)23-20(27)22-16-6-4-5-15(11-16)19(26)24-9-2-3-10-24/h4-8,11-12H,2-3,9-10H2,1H3,(H2,22,23,25,27). The monoisotopic (exact) mass is 445 g/mol. The van der Waals surface area contributed by atoms with E-state index in [0.717, 1.165) is 36.0 Å². The van der Waals surface area contributed by atoms with Crippen LogP contribution >= 0.6 is 28.1 Å². The first-order valence-electron chi connectivity index (χ1n) is 8.72. The Kier molecular flexibility index (Phi) is 6.23. The summed E-state index contributed by atoms with van der Waals surface area (Å²) in [4.78, 5) is 26.7. The van der Waals surface area contributed by atoms with E-state index >= 15 is 0 Å². The molecule has 2 aromatic carbocycles. The molecule has 0 aliphatic carbocycles. The predicted octanol–water partition coefficient (Wildman–Crippen LogP) is 4.12. The second-order valence-electron chi connectivity index (χ2n) is 6.45. The first kappa shape index (κ1) is 19.5. The third-order valence-corrected chi connectivity index (χ3v) is 5.48. The zero-order valence-electron chi connectivity index (χ0n) is 14.9. The van der Waals surface area contributed by atoms with E-state index in [1.165, 1.54) is 0 Å². The molecular formula is C20H20BrN3O2S. The zero-order chi connectivity index (χ0) is 19.4. The molecule has 5 nitrogen and oxygen atoms in total. The van der Waals surface area contributed by atoms with Crippen molar-refractivity contribution < 1.29 is 9.59 Å². The lowest BCUT2D eigenvalue weighted by Crippen LogP contribution is -2.34. The van der Waals surface area contributed by atoms with Crippen LogP contribution in [0, 0.1) is 6.92 Å². The number of nitrogens with zero attached hydrogens (tertiary/aromatic N) is 1. The summed E-state index contributed by atoms with van der Waals surface area (Å²) in [5, 5.41) is 5.81. The van der Waals surface area contributed by atoms with Gasteiger partial charge >= 0.3 is 0 Å². The fourth-order valence-corrected chi connectivity index (χ4v) is 3.49. The molecule has 2 N–H and O–H groups in total. The van der Waals surface area contributed by atoms with Gasteiger partial charge < -0.3 is 10.2 Å². The number of thiocarbonyl (C=S) groups is 1. The summed E-state index contributed by atoms with van der Waals surface area (Å²) in [6.45, 7) is 3.56. The van der Waals surface area contributed by atoms with E-state index in [1.807, 2.05) is 24.0 Å². The minimum absolute atomic E-state index is 0.0237. The fraction of sp³-hybridized carbons (Fsp3) is 0.250. The van der Waals surface area contributed by atoms with Crippen molar-refractivity contribution in [3.8, 4) is 0 Å². The van der Waals surface area contributed by atoms with Crippen molar-refractivity contribution in [2.75, 3.05) is 18.4 Å². The predicted molar refractivity (Wildman–Crippen MR) is 114 cm³/mol. The third-order valence-electron chi connectivity index (χ3n) is 4.42. The largest absolute Gasteiger partial charge is 0.339 e. The molecule has 7 heteroatoms. The molecule has 140 valence electrons. The molecule has 0 aromatic heterocycles. The van der Waals surface area contributed by atoms with Crippen LogP contribution in [0.15, 0.2) is 46.9 Å². The van der Waals surface area contributed by atoms with E-state index in [2.05, 4.69) is 26.6 Å². The Morgan fingerprint density at radius 2 is 1.81 bits per heavy atom. The lowest BCUT2D eigenvalue weighted by molar-refractivity contribution is 0.0792. The highest BCUT2D eigenvalue weighted by Gasteiger charge is 2.19. The van der Waals surface area contributed by atoms with E-state index in [0.29, 0.717) is 16.8 Å². The van der Waals surface area contributed by atoms with Gasteiger partial charge in [0.1, 0.15) is 0 Å². The Labute approximate surface area is 172 Å². The molecule has 3 rings (SSSR count). The van der Waals surface area contributed by atoms with Crippen LogP contribution < -0.4 is 10.6 Å². The van der Waals surface area contributed by atoms with Crippen LogP contribution in [0.5, 0.6) is 0 Å². The molecule has 27 heavy (non-hydrogen) atoms. The van der Waals surface area contributed by atoms with Crippen molar-refractivity contribution in [3.05, 3.63) is 63.6 Å². The van der Waals surface area contributed by atoms with Gasteiger partial charge in [-0.2, -0.15) is 0 Å². The van der Waals surface area contributed by atoms with Gasteiger partial charge in [-0.05, 0) is 67.9 Å². The Balaban J connectivity index is 1.63.